The normalized spacial score (nSPS) is 17.8. The van der Waals surface area contributed by atoms with E-state index in [1.54, 1.807) is 6.07 Å². The number of hydrogen-bond acceptors (Lipinski definition) is 6. The van der Waals surface area contributed by atoms with Crippen LogP contribution >= 0.6 is 11.3 Å². The minimum absolute atomic E-state index is 0.124. The lowest BCUT2D eigenvalue weighted by Gasteiger charge is -2.36. The van der Waals surface area contributed by atoms with E-state index < -0.39 is 0 Å². The van der Waals surface area contributed by atoms with Crippen molar-refractivity contribution in [3.8, 4) is 0 Å². The molecule has 0 aromatic carbocycles. The molecule has 1 N–H and O–H groups in total. The maximum Gasteiger partial charge on any atom is 0.324 e. The van der Waals surface area contributed by atoms with Gasteiger partial charge in [0.1, 0.15) is 0 Å². The van der Waals surface area contributed by atoms with Crippen LogP contribution in [0.5, 0.6) is 0 Å². The van der Waals surface area contributed by atoms with E-state index in [0.29, 0.717) is 19.1 Å². The molecule has 0 spiro atoms. The third-order valence-corrected chi connectivity index (χ3v) is 4.73. The Morgan fingerprint density at radius 2 is 2.25 bits per heavy atom. The number of aliphatic hydroxyl groups is 1. The molecule has 0 atom stereocenters. The van der Waals surface area contributed by atoms with Gasteiger partial charge in [-0.2, -0.15) is 0 Å². The monoisotopic (exact) mass is 299 g/mol. The Bertz CT molecular complexity index is 444. The molecule has 7 heteroatoms. The van der Waals surface area contributed by atoms with Gasteiger partial charge in [0.05, 0.1) is 11.5 Å². The Kier molecular flexibility index (Phi) is 5.47. The van der Waals surface area contributed by atoms with Gasteiger partial charge in [-0.1, -0.05) is 11.3 Å². The van der Waals surface area contributed by atoms with Crippen LogP contribution in [0.3, 0.4) is 0 Å². The predicted molar refractivity (Wildman–Crippen MR) is 79.0 cm³/mol. The van der Waals surface area contributed by atoms with Gasteiger partial charge < -0.3 is 10.0 Å². The van der Waals surface area contributed by atoms with Crippen LogP contribution < -0.4 is 0 Å². The Balaban J connectivity index is 1.99. The Morgan fingerprint density at radius 1 is 1.55 bits per heavy atom. The van der Waals surface area contributed by atoms with Gasteiger partial charge in [0.15, 0.2) is 0 Å². The lowest BCUT2D eigenvalue weighted by Crippen LogP contribution is -2.44. The van der Waals surface area contributed by atoms with Crippen molar-refractivity contribution in [3.05, 3.63) is 27.1 Å². The first-order chi connectivity index (χ1) is 9.60. The van der Waals surface area contributed by atoms with Gasteiger partial charge in [-0.05, 0) is 38.5 Å². The number of nitro groups is 1. The maximum atomic E-state index is 10.7. The molecule has 1 fully saturated rings. The van der Waals surface area contributed by atoms with Crippen LogP contribution in [0, 0.1) is 10.1 Å². The minimum Gasteiger partial charge on any atom is -0.395 e. The number of aliphatic hydroxyl groups excluding tert-OH is 1. The first kappa shape index (κ1) is 15.4. The van der Waals surface area contributed by atoms with Crippen LogP contribution in [-0.4, -0.2) is 59.2 Å². The van der Waals surface area contributed by atoms with Crippen LogP contribution in [0.4, 0.5) is 5.00 Å². The quantitative estimate of drug-likeness (QED) is 0.637. The summed E-state index contributed by atoms with van der Waals surface area (Å²) >= 11 is 1.17. The Hall–Kier alpha value is -1.02. The highest BCUT2D eigenvalue weighted by Crippen LogP contribution is 2.25. The fraction of sp³-hybridized carbons (Fsp3) is 0.692. The third kappa shape index (κ3) is 3.99. The lowest BCUT2D eigenvalue weighted by molar-refractivity contribution is -0.380. The Morgan fingerprint density at radius 3 is 2.80 bits per heavy atom. The second kappa shape index (κ2) is 7.12. The molecule has 0 radical (unpaired) electrons. The molecule has 0 aliphatic carbocycles. The topological polar surface area (TPSA) is 69.8 Å². The van der Waals surface area contributed by atoms with Gasteiger partial charge in [0.2, 0.25) is 0 Å². The highest BCUT2D eigenvalue weighted by molar-refractivity contribution is 7.13. The number of nitrogens with zero attached hydrogens (tertiary/aromatic N) is 3. The van der Waals surface area contributed by atoms with Gasteiger partial charge in [0, 0.05) is 30.6 Å². The highest BCUT2D eigenvalue weighted by Gasteiger charge is 2.23. The van der Waals surface area contributed by atoms with E-state index in [4.69, 9.17) is 0 Å². The molecule has 1 aliphatic heterocycles. The van der Waals surface area contributed by atoms with Crippen molar-refractivity contribution in [1.82, 2.24) is 9.80 Å². The van der Waals surface area contributed by atoms with Crippen molar-refractivity contribution in [2.45, 2.75) is 25.4 Å². The Labute approximate surface area is 122 Å². The summed E-state index contributed by atoms with van der Waals surface area (Å²) in [6, 6.07) is 2.10. The van der Waals surface area contributed by atoms with E-state index in [0.717, 1.165) is 31.5 Å². The average molecular weight is 299 g/mol. The minimum atomic E-state index is -0.347. The number of piperidine rings is 1. The molecule has 1 saturated heterocycles. The van der Waals surface area contributed by atoms with E-state index in [1.165, 1.54) is 11.3 Å². The standard InChI is InChI=1S/C13H21N3O3S/c1-14-4-2-12(3-5-14)15(6-7-17)9-11-8-13(16(18)19)20-10-11/h8,10,12,17H,2-7,9H2,1H3. The fourth-order valence-corrected chi connectivity index (χ4v) is 3.38. The van der Waals surface area contributed by atoms with Crippen LogP contribution in [0.1, 0.15) is 18.4 Å². The van der Waals surface area contributed by atoms with Gasteiger partial charge >= 0.3 is 5.00 Å². The molecule has 1 aromatic rings. The van der Waals surface area contributed by atoms with E-state index in [9.17, 15) is 15.2 Å². The molecule has 0 unspecified atom stereocenters. The SMILES string of the molecule is CN1CCC(N(CCO)Cc2csc([N+](=O)[O-])c2)CC1. The zero-order chi connectivity index (χ0) is 14.5. The molecule has 2 rings (SSSR count). The summed E-state index contributed by atoms with van der Waals surface area (Å²) in [5, 5.41) is 22.0. The number of likely N-dealkylation sites (tertiary alicyclic amines) is 1. The highest BCUT2D eigenvalue weighted by atomic mass is 32.1. The number of rotatable bonds is 6. The summed E-state index contributed by atoms with van der Waals surface area (Å²) < 4.78 is 0. The third-order valence-electron chi connectivity index (χ3n) is 3.80. The lowest BCUT2D eigenvalue weighted by atomic mass is 10.0. The van der Waals surface area contributed by atoms with E-state index in [-0.39, 0.29) is 16.5 Å². The molecule has 20 heavy (non-hydrogen) atoms. The van der Waals surface area contributed by atoms with Gasteiger partial charge in [-0.25, -0.2) is 0 Å². The van der Waals surface area contributed by atoms with Crippen LogP contribution in [-0.2, 0) is 6.54 Å². The second-order valence-corrected chi connectivity index (χ2v) is 6.17. The largest absolute Gasteiger partial charge is 0.395 e. The predicted octanol–water partition coefficient (Wildman–Crippen LogP) is 1.54. The maximum absolute atomic E-state index is 10.7. The summed E-state index contributed by atoms with van der Waals surface area (Å²) in [6.45, 7) is 3.56. The molecule has 0 amide bonds. The van der Waals surface area contributed by atoms with Gasteiger partial charge in [-0.3, -0.25) is 15.0 Å². The molecule has 0 bridgehead atoms. The van der Waals surface area contributed by atoms with E-state index in [2.05, 4.69) is 16.8 Å². The summed E-state index contributed by atoms with van der Waals surface area (Å²) in [7, 11) is 2.12. The fourth-order valence-electron chi connectivity index (χ4n) is 2.66. The summed E-state index contributed by atoms with van der Waals surface area (Å²) in [4.78, 5) is 14.9. The molecular formula is C13H21N3O3S. The number of hydrogen-bond donors (Lipinski definition) is 1. The van der Waals surface area contributed by atoms with Crippen molar-refractivity contribution in [1.29, 1.82) is 0 Å². The van der Waals surface area contributed by atoms with Crippen molar-refractivity contribution >= 4 is 16.3 Å². The molecule has 112 valence electrons. The van der Waals surface area contributed by atoms with Crippen molar-refractivity contribution < 1.29 is 10.0 Å². The summed E-state index contributed by atoms with van der Waals surface area (Å²) in [5.41, 5.74) is 0.967. The van der Waals surface area contributed by atoms with Crippen molar-refractivity contribution in [2.75, 3.05) is 33.3 Å². The summed E-state index contributed by atoms with van der Waals surface area (Å²) in [6.07, 6.45) is 2.17. The summed E-state index contributed by atoms with van der Waals surface area (Å²) in [5.74, 6) is 0. The molecule has 1 aliphatic rings. The van der Waals surface area contributed by atoms with Crippen molar-refractivity contribution in [2.24, 2.45) is 0 Å². The smallest absolute Gasteiger partial charge is 0.324 e. The number of thiophene rings is 1. The second-order valence-electron chi connectivity index (χ2n) is 5.28. The first-order valence-electron chi connectivity index (χ1n) is 6.85. The van der Waals surface area contributed by atoms with E-state index >= 15 is 0 Å². The molecular weight excluding hydrogens is 278 g/mol. The van der Waals surface area contributed by atoms with Crippen LogP contribution in [0.15, 0.2) is 11.4 Å². The zero-order valence-corrected chi connectivity index (χ0v) is 12.5. The first-order valence-corrected chi connectivity index (χ1v) is 7.73. The molecule has 6 nitrogen and oxygen atoms in total. The van der Waals surface area contributed by atoms with E-state index in [1.807, 2.05) is 5.38 Å². The molecule has 0 saturated carbocycles. The van der Waals surface area contributed by atoms with Gasteiger partial charge in [-0.15, -0.1) is 0 Å². The van der Waals surface area contributed by atoms with Crippen LogP contribution in [0.25, 0.3) is 0 Å². The van der Waals surface area contributed by atoms with Gasteiger partial charge in [0.25, 0.3) is 0 Å². The zero-order valence-electron chi connectivity index (χ0n) is 11.7. The average Bonchev–Trinajstić information content (AvgIpc) is 2.88. The van der Waals surface area contributed by atoms with Crippen molar-refractivity contribution in [3.63, 3.8) is 0 Å². The van der Waals surface area contributed by atoms with Crippen LogP contribution in [0.2, 0.25) is 0 Å². The molecule has 2 heterocycles. The molecule has 1 aromatic heterocycles.